The van der Waals surface area contributed by atoms with E-state index in [2.05, 4.69) is 26.1 Å². The number of aromatic nitrogens is 3. The smallest absolute Gasteiger partial charge is 0.313 e. The molecule has 1 N–H and O–H groups in total. The predicted molar refractivity (Wildman–Crippen MR) is 84.8 cm³/mol. The zero-order valence-corrected chi connectivity index (χ0v) is 14.0. The van der Waals surface area contributed by atoms with Crippen LogP contribution in [0, 0.1) is 0 Å². The van der Waals surface area contributed by atoms with Crippen LogP contribution < -0.4 is 0 Å². The first-order valence-corrected chi connectivity index (χ1v) is 8.47. The molecule has 2 aromatic rings. The summed E-state index contributed by atoms with van der Waals surface area (Å²) in [7, 11) is 0. The van der Waals surface area contributed by atoms with E-state index in [1.165, 1.54) is 11.8 Å². The molecule has 0 spiro atoms. The molecule has 0 aliphatic heterocycles. The SMILES string of the molecule is O=C(O)CSc1nnc(-c2ccc(Cl)c(Br)c2)n1C1CC1. The Morgan fingerprint density at radius 3 is 2.86 bits per heavy atom. The molecule has 0 radical (unpaired) electrons. The van der Waals surface area contributed by atoms with Gasteiger partial charge in [-0.25, -0.2) is 0 Å². The number of hydrogen-bond donors (Lipinski definition) is 1. The van der Waals surface area contributed by atoms with Gasteiger partial charge in [-0.15, -0.1) is 10.2 Å². The molecule has 1 aliphatic rings. The first kappa shape index (κ1) is 14.9. The van der Waals surface area contributed by atoms with Gasteiger partial charge in [0.15, 0.2) is 11.0 Å². The van der Waals surface area contributed by atoms with Crippen molar-refractivity contribution < 1.29 is 9.90 Å². The van der Waals surface area contributed by atoms with E-state index in [-0.39, 0.29) is 5.75 Å². The Hall–Kier alpha value is -1.05. The highest BCUT2D eigenvalue weighted by atomic mass is 79.9. The van der Waals surface area contributed by atoms with Gasteiger partial charge in [-0.2, -0.15) is 0 Å². The van der Waals surface area contributed by atoms with Crippen molar-refractivity contribution in [3.63, 3.8) is 0 Å². The number of carboxylic acids is 1. The Bertz CT molecular complexity index is 703. The number of hydrogen-bond acceptors (Lipinski definition) is 4. The van der Waals surface area contributed by atoms with Crippen LogP contribution in [0.4, 0.5) is 0 Å². The summed E-state index contributed by atoms with van der Waals surface area (Å²) in [6.07, 6.45) is 2.14. The fourth-order valence-electron chi connectivity index (χ4n) is 2.00. The molecule has 0 atom stereocenters. The molecule has 1 saturated carbocycles. The Morgan fingerprint density at radius 2 is 2.24 bits per heavy atom. The minimum atomic E-state index is -0.860. The molecule has 1 fully saturated rings. The molecule has 0 bridgehead atoms. The van der Waals surface area contributed by atoms with Crippen molar-refractivity contribution >= 4 is 45.3 Å². The highest BCUT2D eigenvalue weighted by molar-refractivity contribution is 9.10. The minimum Gasteiger partial charge on any atom is -0.481 e. The fraction of sp³-hybridized carbons (Fsp3) is 0.308. The summed E-state index contributed by atoms with van der Waals surface area (Å²) in [6.45, 7) is 0. The molecule has 8 heteroatoms. The fourth-order valence-corrected chi connectivity index (χ4v) is 3.22. The maximum absolute atomic E-state index is 10.7. The molecule has 1 aliphatic carbocycles. The number of carboxylic acid groups (broad SMARTS) is 1. The Morgan fingerprint density at radius 1 is 1.48 bits per heavy atom. The third-order valence-corrected chi connectivity index (χ3v) is 5.22. The van der Waals surface area contributed by atoms with Gasteiger partial charge in [0, 0.05) is 16.1 Å². The number of aliphatic carboxylic acids is 1. The summed E-state index contributed by atoms with van der Waals surface area (Å²) < 4.78 is 2.83. The molecule has 3 rings (SSSR count). The van der Waals surface area contributed by atoms with Crippen molar-refractivity contribution in [1.29, 1.82) is 0 Å². The van der Waals surface area contributed by atoms with Gasteiger partial charge in [-0.3, -0.25) is 9.36 Å². The van der Waals surface area contributed by atoms with Crippen LogP contribution in [-0.2, 0) is 4.79 Å². The molecule has 0 unspecified atom stereocenters. The van der Waals surface area contributed by atoms with E-state index in [1.807, 2.05) is 16.7 Å². The van der Waals surface area contributed by atoms with Crippen LogP contribution >= 0.6 is 39.3 Å². The van der Waals surface area contributed by atoms with Gasteiger partial charge in [-0.1, -0.05) is 23.4 Å². The lowest BCUT2D eigenvalue weighted by Gasteiger charge is -2.08. The van der Waals surface area contributed by atoms with E-state index in [0.29, 0.717) is 16.2 Å². The second-order valence-corrected chi connectivity index (χ2v) is 6.92. The number of rotatable bonds is 5. The number of benzene rings is 1. The molecule has 0 amide bonds. The van der Waals surface area contributed by atoms with Gasteiger partial charge in [0.25, 0.3) is 0 Å². The Balaban J connectivity index is 1.98. The molecule has 1 aromatic carbocycles. The summed E-state index contributed by atoms with van der Waals surface area (Å²) >= 11 is 10.6. The second kappa shape index (κ2) is 5.98. The zero-order chi connectivity index (χ0) is 15.0. The van der Waals surface area contributed by atoms with E-state index < -0.39 is 5.97 Å². The molecule has 21 heavy (non-hydrogen) atoms. The van der Waals surface area contributed by atoms with Crippen molar-refractivity contribution in [2.24, 2.45) is 0 Å². The lowest BCUT2D eigenvalue weighted by Crippen LogP contribution is -2.03. The van der Waals surface area contributed by atoms with Crippen molar-refractivity contribution in [3.05, 3.63) is 27.7 Å². The van der Waals surface area contributed by atoms with Crippen LogP contribution in [0.15, 0.2) is 27.8 Å². The van der Waals surface area contributed by atoms with Crippen molar-refractivity contribution in [2.75, 3.05) is 5.75 Å². The summed E-state index contributed by atoms with van der Waals surface area (Å²) in [5.74, 6) is -0.126. The van der Waals surface area contributed by atoms with Crippen LogP contribution in [-0.4, -0.2) is 31.6 Å². The van der Waals surface area contributed by atoms with Gasteiger partial charge in [-0.05, 0) is 47.0 Å². The van der Waals surface area contributed by atoms with Gasteiger partial charge in [0.05, 0.1) is 10.8 Å². The van der Waals surface area contributed by atoms with Crippen molar-refractivity contribution in [1.82, 2.24) is 14.8 Å². The number of halogens is 2. The van der Waals surface area contributed by atoms with Crippen LogP contribution in [0.3, 0.4) is 0 Å². The number of nitrogens with zero attached hydrogens (tertiary/aromatic N) is 3. The maximum atomic E-state index is 10.7. The average Bonchev–Trinajstić information content (AvgIpc) is 3.19. The lowest BCUT2D eigenvalue weighted by atomic mass is 10.2. The van der Waals surface area contributed by atoms with Gasteiger partial charge < -0.3 is 5.11 Å². The monoisotopic (exact) mass is 387 g/mol. The van der Waals surface area contributed by atoms with Crippen LogP contribution in [0.5, 0.6) is 0 Å². The van der Waals surface area contributed by atoms with E-state index in [4.69, 9.17) is 16.7 Å². The minimum absolute atomic E-state index is 0.0187. The largest absolute Gasteiger partial charge is 0.481 e. The normalized spacial score (nSPS) is 14.4. The third kappa shape index (κ3) is 3.25. The van der Waals surface area contributed by atoms with E-state index in [9.17, 15) is 4.79 Å². The highest BCUT2D eigenvalue weighted by Crippen LogP contribution is 2.41. The molecule has 1 aromatic heterocycles. The molecular formula is C13H11BrClN3O2S. The first-order chi connectivity index (χ1) is 10.1. The highest BCUT2D eigenvalue weighted by Gasteiger charge is 2.30. The number of thioether (sulfide) groups is 1. The third-order valence-electron chi connectivity index (χ3n) is 3.08. The molecule has 5 nitrogen and oxygen atoms in total. The summed E-state index contributed by atoms with van der Waals surface area (Å²) in [4.78, 5) is 10.7. The van der Waals surface area contributed by atoms with Gasteiger partial charge in [0.1, 0.15) is 0 Å². The van der Waals surface area contributed by atoms with E-state index in [1.54, 1.807) is 6.07 Å². The van der Waals surface area contributed by atoms with Crippen molar-refractivity contribution in [2.45, 2.75) is 24.0 Å². The van der Waals surface area contributed by atoms with Gasteiger partial charge in [0.2, 0.25) is 0 Å². The lowest BCUT2D eigenvalue weighted by molar-refractivity contribution is -0.133. The summed E-state index contributed by atoms with van der Waals surface area (Å²) in [5.41, 5.74) is 0.910. The second-order valence-electron chi connectivity index (χ2n) is 4.72. The maximum Gasteiger partial charge on any atom is 0.313 e. The Kier molecular flexibility index (Phi) is 4.24. The molecular weight excluding hydrogens is 378 g/mol. The average molecular weight is 389 g/mol. The van der Waals surface area contributed by atoms with Crippen molar-refractivity contribution in [3.8, 4) is 11.4 Å². The quantitative estimate of drug-likeness (QED) is 0.787. The van der Waals surface area contributed by atoms with E-state index >= 15 is 0 Å². The standard InChI is InChI=1S/C13H11BrClN3O2S/c14-9-5-7(1-4-10(9)15)12-16-17-13(21-6-11(19)20)18(12)8-2-3-8/h1,4-5,8H,2-3,6H2,(H,19,20). The predicted octanol–water partition coefficient (Wildman–Crippen LogP) is 3.87. The van der Waals surface area contributed by atoms with Crippen LogP contribution in [0.25, 0.3) is 11.4 Å². The van der Waals surface area contributed by atoms with E-state index in [0.717, 1.165) is 28.7 Å². The summed E-state index contributed by atoms with van der Waals surface area (Å²) in [6, 6.07) is 5.95. The molecule has 110 valence electrons. The van der Waals surface area contributed by atoms with Crippen LogP contribution in [0.2, 0.25) is 5.02 Å². The number of carbonyl (C=O) groups is 1. The van der Waals surface area contributed by atoms with Gasteiger partial charge >= 0.3 is 5.97 Å². The molecule has 0 saturated heterocycles. The van der Waals surface area contributed by atoms with Crippen LogP contribution in [0.1, 0.15) is 18.9 Å². The topological polar surface area (TPSA) is 68.0 Å². The molecule has 1 heterocycles. The summed E-state index contributed by atoms with van der Waals surface area (Å²) in [5, 5.41) is 18.5. The zero-order valence-electron chi connectivity index (χ0n) is 10.8. The Labute approximate surface area is 138 Å². The first-order valence-electron chi connectivity index (χ1n) is 6.31.